The SMILES string of the molecule is COc1ccccc1-n1ncc2c1CN(C(=O)OC(C)(C)C)C2. The molecule has 0 N–H and O–H groups in total. The molecule has 0 saturated heterocycles. The number of hydrogen-bond acceptors (Lipinski definition) is 4. The highest BCUT2D eigenvalue weighted by atomic mass is 16.6. The smallest absolute Gasteiger partial charge is 0.410 e. The van der Waals surface area contributed by atoms with Crippen molar-refractivity contribution >= 4 is 6.09 Å². The topological polar surface area (TPSA) is 56.6 Å². The molecule has 6 heteroatoms. The summed E-state index contributed by atoms with van der Waals surface area (Å²) < 4.78 is 12.7. The highest BCUT2D eigenvalue weighted by Gasteiger charge is 2.31. The number of hydrogen-bond donors (Lipinski definition) is 0. The number of ether oxygens (including phenoxy) is 2. The standard InChI is InChI=1S/C17H21N3O3/c1-17(2,3)23-16(21)19-10-12-9-18-20(14(12)11-19)13-7-5-6-8-15(13)22-4/h5-9H,10-11H2,1-4H3. The molecule has 1 aromatic heterocycles. The van der Waals surface area contributed by atoms with E-state index in [0.717, 1.165) is 22.7 Å². The van der Waals surface area contributed by atoms with Crippen LogP contribution in [-0.2, 0) is 17.8 Å². The molecular formula is C17H21N3O3. The maximum absolute atomic E-state index is 12.2. The van der Waals surface area contributed by atoms with E-state index >= 15 is 0 Å². The van der Waals surface area contributed by atoms with Crippen LogP contribution in [0.15, 0.2) is 30.5 Å². The van der Waals surface area contributed by atoms with Crippen molar-refractivity contribution in [1.29, 1.82) is 0 Å². The quantitative estimate of drug-likeness (QED) is 0.854. The first-order chi connectivity index (χ1) is 10.9. The summed E-state index contributed by atoms with van der Waals surface area (Å²) in [6, 6.07) is 7.69. The third kappa shape index (κ3) is 3.02. The van der Waals surface area contributed by atoms with E-state index in [0.29, 0.717) is 13.1 Å². The van der Waals surface area contributed by atoms with Gasteiger partial charge in [-0.3, -0.25) is 4.90 Å². The van der Waals surface area contributed by atoms with E-state index in [1.807, 2.05) is 49.7 Å². The van der Waals surface area contributed by atoms with Crippen molar-refractivity contribution in [2.24, 2.45) is 0 Å². The molecule has 2 aromatic rings. The van der Waals surface area contributed by atoms with Crippen molar-refractivity contribution in [3.8, 4) is 11.4 Å². The molecule has 0 unspecified atom stereocenters. The van der Waals surface area contributed by atoms with Crippen LogP contribution >= 0.6 is 0 Å². The Morgan fingerprint density at radius 2 is 1.96 bits per heavy atom. The van der Waals surface area contributed by atoms with Gasteiger partial charge in [0.2, 0.25) is 0 Å². The van der Waals surface area contributed by atoms with Gasteiger partial charge in [-0.1, -0.05) is 12.1 Å². The minimum Gasteiger partial charge on any atom is -0.494 e. The summed E-state index contributed by atoms with van der Waals surface area (Å²) in [6.07, 6.45) is 1.49. The van der Waals surface area contributed by atoms with Crippen LogP contribution in [0.5, 0.6) is 5.75 Å². The lowest BCUT2D eigenvalue weighted by molar-refractivity contribution is 0.0239. The Bertz CT molecular complexity index is 731. The van der Waals surface area contributed by atoms with E-state index in [1.54, 1.807) is 18.2 Å². The van der Waals surface area contributed by atoms with Crippen LogP contribution in [0.25, 0.3) is 5.69 Å². The fourth-order valence-electron chi connectivity index (χ4n) is 2.62. The molecule has 1 amide bonds. The van der Waals surface area contributed by atoms with E-state index in [9.17, 15) is 4.79 Å². The van der Waals surface area contributed by atoms with E-state index in [-0.39, 0.29) is 6.09 Å². The number of benzene rings is 1. The van der Waals surface area contributed by atoms with Gasteiger partial charge >= 0.3 is 6.09 Å². The zero-order valence-electron chi connectivity index (χ0n) is 13.9. The lowest BCUT2D eigenvalue weighted by Gasteiger charge is -2.24. The van der Waals surface area contributed by atoms with Gasteiger partial charge < -0.3 is 9.47 Å². The van der Waals surface area contributed by atoms with Gasteiger partial charge in [0.05, 0.1) is 32.1 Å². The predicted octanol–water partition coefficient (Wildman–Crippen LogP) is 3.13. The van der Waals surface area contributed by atoms with Gasteiger partial charge in [-0.25, -0.2) is 9.48 Å². The van der Waals surface area contributed by atoms with Gasteiger partial charge in [0.25, 0.3) is 0 Å². The highest BCUT2D eigenvalue weighted by Crippen LogP contribution is 2.29. The maximum Gasteiger partial charge on any atom is 0.410 e. The van der Waals surface area contributed by atoms with Gasteiger partial charge in [0.15, 0.2) is 0 Å². The number of methoxy groups -OCH3 is 1. The van der Waals surface area contributed by atoms with Crippen molar-refractivity contribution in [1.82, 2.24) is 14.7 Å². The average molecular weight is 315 g/mol. The summed E-state index contributed by atoms with van der Waals surface area (Å²) in [5.74, 6) is 0.745. The van der Waals surface area contributed by atoms with Crippen LogP contribution in [0.1, 0.15) is 32.0 Å². The third-order valence-electron chi connectivity index (χ3n) is 3.62. The normalized spacial score (nSPS) is 13.8. The third-order valence-corrected chi connectivity index (χ3v) is 3.62. The molecule has 3 rings (SSSR count). The van der Waals surface area contributed by atoms with Gasteiger partial charge in [0, 0.05) is 5.56 Å². The molecule has 122 valence electrons. The van der Waals surface area contributed by atoms with Gasteiger partial charge in [-0.15, -0.1) is 0 Å². The molecule has 0 spiro atoms. The van der Waals surface area contributed by atoms with Crippen LogP contribution in [0, 0.1) is 0 Å². The molecule has 0 radical (unpaired) electrons. The lowest BCUT2D eigenvalue weighted by Crippen LogP contribution is -2.33. The Morgan fingerprint density at radius 1 is 1.22 bits per heavy atom. The molecule has 0 aliphatic carbocycles. The molecule has 23 heavy (non-hydrogen) atoms. The number of nitrogens with zero attached hydrogens (tertiary/aromatic N) is 3. The van der Waals surface area contributed by atoms with Crippen molar-refractivity contribution < 1.29 is 14.3 Å². The first-order valence-corrected chi connectivity index (χ1v) is 7.56. The van der Waals surface area contributed by atoms with Crippen LogP contribution < -0.4 is 4.74 Å². The molecule has 0 saturated carbocycles. The Labute approximate surface area is 135 Å². The number of rotatable bonds is 2. The Kier molecular flexibility index (Phi) is 3.75. The van der Waals surface area contributed by atoms with E-state index in [4.69, 9.17) is 9.47 Å². The first-order valence-electron chi connectivity index (χ1n) is 7.56. The number of para-hydroxylation sites is 2. The molecule has 1 aromatic carbocycles. The van der Waals surface area contributed by atoms with Crippen molar-refractivity contribution in [2.75, 3.05) is 7.11 Å². The summed E-state index contributed by atoms with van der Waals surface area (Å²) in [7, 11) is 1.63. The predicted molar refractivity (Wildman–Crippen MR) is 85.6 cm³/mol. The Morgan fingerprint density at radius 3 is 2.65 bits per heavy atom. The maximum atomic E-state index is 12.2. The molecule has 0 atom stereocenters. The summed E-state index contributed by atoms with van der Waals surface area (Å²) >= 11 is 0. The monoisotopic (exact) mass is 315 g/mol. The van der Waals surface area contributed by atoms with Crippen molar-refractivity contribution in [3.05, 3.63) is 41.7 Å². The van der Waals surface area contributed by atoms with Crippen molar-refractivity contribution in [2.45, 2.75) is 39.5 Å². The second-order valence-electron chi connectivity index (χ2n) is 6.54. The largest absolute Gasteiger partial charge is 0.494 e. The molecule has 0 bridgehead atoms. The molecule has 2 heterocycles. The minimum absolute atomic E-state index is 0.305. The molecular weight excluding hydrogens is 294 g/mol. The van der Waals surface area contributed by atoms with Crippen molar-refractivity contribution in [3.63, 3.8) is 0 Å². The number of fused-ring (bicyclic) bond motifs is 1. The van der Waals surface area contributed by atoms with Gasteiger partial charge in [0.1, 0.15) is 17.0 Å². The van der Waals surface area contributed by atoms with Crippen LogP contribution in [0.2, 0.25) is 0 Å². The summed E-state index contributed by atoms with van der Waals surface area (Å²) in [6.45, 7) is 6.59. The van der Waals surface area contributed by atoms with Gasteiger partial charge in [-0.2, -0.15) is 5.10 Å². The van der Waals surface area contributed by atoms with Crippen LogP contribution in [0.3, 0.4) is 0 Å². The Hall–Kier alpha value is -2.50. The van der Waals surface area contributed by atoms with E-state index < -0.39 is 5.60 Å². The second-order valence-corrected chi connectivity index (χ2v) is 6.54. The fraction of sp³-hybridized carbons (Fsp3) is 0.412. The molecule has 1 aliphatic heterocycles. The minimum atomic E-state index is -0.499. The van der Waals surface area contributed by atoms with E-state index in [1.165, 1.54) is 0 Å². The molecule has 0 fully saturated rings. The lowest BCUT2D eigenvalue weighted by atomic mass is 10.2. The summed E-state index contributed by atoms with van der Waals surface area (Å²) in [4.78, 5) is 13.9. The first kappa shape index (κ1) is 15.4. The fourth-order valence-corrected chi connectivity index (χ4v) is 2.62. The highest BCUT2D eigenvalue weighted by molar-refractivity contribution is 5.69. The number of carbonyl (C=O) groups excluding carboxylic acids is 1. The summed E-state index contributed by atoms with van der Waals surface area (Å²) in [5.41, 5.74) is 2.38. The number of amides is 1. The zero-order chi connectivity index (χ0) is 16.6. The van der Waals surface area contributed by atoms with Crippen LogP contribution in [-0.4, -0.2) is 33.5 Å². The van der Waals surface area contributed by atoms with E-state index in [2.05, 4.69) is 5.10 Å². The molecule has 6 nitrogen and oxygen atoms in total. The van der Waals surface area contributed by atoms with Crippen LogP contribution in [0.4, 0.5) is 4.79 Å². The Balaban J connectivity index is 1.85. The number of carbonyl (C=O) groups is 1. The van der Waals surface area contributed by atoms with Gasteiger partial charge in [-0.05, 0) is 32.9 Å². The molecule has 1 aliphatic rings. The summed E-state index contributed by atoms with van der Waals surface area (Å²) in [5, 5.41) is 4.44. The number of aromatic nitrogens is 2. The average Bonchev–Trinajstić information content (AvgIpc) is 3.05. The second kappa shape index (κ2) is 5.61. The zero-order valence-corrected chi connectivity index (χ0v) is 13.9.